The third-order valence-corrected chi connectivity index (χ3v) is 5.88. The molecule has 0 radical (unpaired) electrons. The molecule has 0 unspecified atom stereocenters. The normalized spacial score (nSPS) is 11.1. The van der Waals surface area contributed by atoms with Crippen LogP contribution in [0.15, 0.2) is 70.7 Å². The van der Waals surface area contributed by atoms with Crippen molar-refractivity contribution < 1.29 is 9.18 Å². The van der Waals surface area contributed by atoms with Gasteiger partial charge in [-0.15, -0.1) is 11.8 Å². The summed E-state index contributed by atoms with van der Waals surface area (Å²) in [5.41, 5.74) is 1.68. The largest absolute Gasteiger partial charge is 0.350 e. The highest BCUT2D eigenvalue weighted by molar-refractivity contribution is 7.99. The van der Waals surface area contributed by atoms with E-state index in [1.165, 1.54) is 29.2 Å². The fourth-order valence-corrected chi connectivity index (χ4v) is 4.17. The zero-order valence-corrected chi connectivity index (χ0v) is 18.3. The average molecular weight is 452 g/mol. The molecule has 9 heteroatoms. The highest BCUT2D eigenvalue weighted by Gasteiger charge is 2.13. The van der Waals surface area contributed by atoms with E-state index in [4.69, 9.17) is 0 Å². The van der Waals surface area contributed by atoms with Crippen molar-refractivity contribution >= 4 is 28.7 Å². The van der Waals surface area contributed by atoms with Crippen LogP contribution in [0.2, 0.25) is 0 Å². The Bertz CT molecular complexity index is 1300. The van der Waals surface area contributed by atoms with E-state index in [-0.39, 0.29) is 17.3 Å². The summed E-state index contributed by atoms with van der Waals surface area (Å²) in [6, 6.07) is 13.5. The van der Waals surface area contributed by atoms with Gasteiger partial charge in [-0.05, 0) is 35.6 Å². The van der Waals surface area contributed by atoms with E-state index in [2.05, 4.69) is 15.4 Å². The van der Waals surface area contributed by atoms with Gasteiger partial charge in [-0.2, -0.15) is 5.10 Å². The number of fused-ring (bicyclic) bond motifs is 1. The lowest BCUT2D eigenvalue weighted by molar-refractivity contribution is 0.0949. The van der Waals surface area contributed by atoms with Crippen molar-refractivity contribution in [1.29, 1.82) is 0 Å². The Morgan fingerprint density at radius 1 is 1.16 bits per heavy atom. The van der Waals surface area contributed by atoms with Crippen molar-refractivity contribution in [3.05, 3.63) is 88.4 Å². The third-order valence-electron chi connectivity index (χ3n) is 4.93. The number of benzene rings is 2. The van der Waals surface area contributed by atoms with Crippen LogP contribution in [-0.4, -0.2) is 37.5 Å². The molecule has 4 aromatic rings. The first-order valence-corrected chi connectivity index (χ1v) is 11.2. The van der Waals surface area contributed by atoms with E-state index in [9.17, 15) is 14.0 Å². The van der Waals surface area contributed by atoms with Crippen LogP contribution in [0.5, 0.6) is 0 Å². The van der Waals surface area contributed by atoms with E-state index in [0.29, 0.717) is 36.2 Å². The van der Waals surface area contributed by atoms with Gasteiger partial charge in [0, 0.05) is 11.4 Å². The van der Waals surface area contributed by atoms with E-state index >= 15 is 0 Å². The summed E-state index contributed by atoms with van der Waals surface area (Å²) in [7, 11) is 0. The Balaban J connectivity index is 1.44. The van der Waals surface area contributed by atoms with Gasteiger partial charge >= 0.3 is 0 Å². The van der Waals surface area contributed by atoms with Crippen LogP contribution in [0.25, 0.3) is 11.0 Å². The predicted molar refractivity (Wildman–Crippen MR) is 122 cm³/mol. The Morgan fingerprint density at radius 3 is 2.72 bits per heavy atom. The Morgan fingerprint density at radius 2 is 1.94 bits per heavy atom. The van der Waals surface area contributed by atoms with E-state index in [0.717, 1.165) is 16.2 Å². The number of hydrogen-bond acceptors (Lipinski definition) is 5. The van der Waals surface area contributed by atoms with Crippen LogP contribution in [0.3, 0.4) is 0 Å². The van der Waals surface area contributed by atoms with Crippen LogP contribution in [-0.2, 0) is 13.1 Å². The first-order valence-electron chi connectivity index (χ1n) is 10.2. The van der Waals surface area contributed by atoms with Crippen LogP contribution >= 0.6 is 11.8 Å². The molecule has 2 aromatic heterocycles. The first kappa shape index (κ1) is 21.8. The molecule has 0 atom stereocenters. The third kappa shape index (κ3) is 4.72. The molecule has 0 aliphatic heterocycles. The van der Waals surface area contributed by atoms with E-state index in [1.807, 2.05) is 31.2 Å². The molecule has 0 spiro atoms. The monoisotopic (exact) mass is 451 g/mol. The lowest BCUT2D eigenvalue weighted by atomic mass is 10.2. The van der Waals surface area contributed by atoms with Gasteiger partial charge in [-0.25, -0.2) is 14.1 Å². The second kappa shape index (κ2) is 9.78. The zero-order chi connectivity index (χ0) is 22.5. The van der Waals surface area contributed by atoms with Gasteiger partial charge in [0.1, 0.15) is 17.5 Å². The van der Waals surface area contributed by atoms with Crippen molar-refractivity contribution in [3.8, 4) is 0 Å². The van der Waals surface area contributed by atoms with Crippen molar-refractivity contribution in [1.82, 2.24) is 24.6 Å². The molecule has 1 N–H and O–H groups in total. The molecule has 1 amide bonds. The molecule has 0 bridgehead atoms. The number of thioether (sulfide) groups is 1. The van der Waals surface area contributed by atoms with Crippen LogP contribution in [0.4, 0.5) is 4.39 Å². The first-order chi connectivity index (χ1) is 15.6. The molecule has 0 saturated carbocycles. The lowest BCUT2D eigenvalue weighted by Crippen LogP contribution is -2.28. The molecule has 0 fully saturated rings. The summed E-state index contributed by atoms with van der Waals surface area (Å²) < 4.78 is 16.2. The van der Waals surface area contributed by atoms with Gasteiger partial charge in [0.25, 0.3) is 11.5 Å². The standard InChI is InChI=1S/C23H22FN5O2S/c1-2-32-20-6-4-3-5-18(20)22(30)25-11-12-29-21-19(13-27-29)23(31)28(15-26-21)14-16-7-9-17(24)10-8-16/h3-10,13,15H,2,11-12,14H2,1H3,(H,25,30). The summed E-state index contributed by atoms with van der Waals surface area (Å²) in [5.74, 6) is 0.414. The van der Waals surface area contributed by atoms with Gasteiger partial charge in [-0.3, -0.25) is 14.2 Å². The lowest BCUT2D eigenvalue weighted by Gasteiger charge is -2.10. The number of carbonyl (C=O) groups excluding carboxylic acids is 1. The highest BCUT2D eigenvalue weighted by Crippen LogP contribution is 2.22. The highest BCUT2D eigenvalue weighted by atomic mass is 32.2. The van der Waals surface area contributed by atoms with Crippen LogP contribution < -0.4 is 10.9 Å². The van der Waals surface area contributed by atoms with Gasteiger partial charge in [0.2, 0.25) is 0 Å². The van der Waals surface area contributed by atoms with Crippen molar-refractivity contribution in [2.45, 2.75) is 24.9 Å². The molecule has 2 aromatic carbocycles. The van der Waals surface area contributed by atoms with Gasteiger partial charge in [-0.1, -0.05) is 31.2 Å². The van der Waals surface area contributed by atoms with Gasteiger partial charge in [0.15, 0.2) is 5.65 Å². The molecule has 164 valence electrons. The minimum atomic E-state index is -0.323. The number of hydrogen-bond donors (Lipinski definition) is 1. The number of carbonyl (C=O) groups is 1. The van der Waals surface area contributed by atoms with E-state index in [1.54, 1.807) is 28.6 Å². The molecule has 0 aliphatic rings. The summed E-state index contributed by atoms with van der Waals surface area (Å²) in [4.78, 5) is 30.7. The molecular weight excluding hydrogens is 429 g/mol. The molecule has 4 rings (SSSR count). The topological polar surface area (TPSA) is 81.8 Å². The molecule has 0 aliphatic carbocycles. The Kier molecular flexibility index (Phi) is 6.65. The zero-order valence-electron chi connectivity index (χ0n) is 17.5. The second-order valence-electron chi connectivity index (χ2n) is 7.09. The van der Waals surface area contributed by atoms with Crippen molar-refractivity contribution in [2.24, 2.45) is 0 Å². The van der Waals surface area contributed by atoms with Gasteiger partial charge in [0.05, 0.1) is 24.8 Å². The molecule has 7 nitrogen and oxygen atoms in total. The minimum Gasteiger partial charge on any atom is -0.350 e. The fourth-order valence-electron chi connectivity index (χ4n) is 3.37. The number of nitrogens with one attached hydrogen (secondary N) is 1. The quantitative estimate of drug-likeness (QED) is 0.416. The minimum absolute atomic E-state index is 0.146. The maximum atomic E-state index is 13.1. The number of rotatable bonds is 8. The Hall–Kier alpha value is -3.46. The SMILES string of the molecule is CCSc1ccccc1C(=O)NCCn1ncc2c(=O)n(Cc3ccc(F)cc3)cnc21. The average Bonchev–Trinajstić information content (AvgIpc) is 3.21. The molecule has 2 heterocycles. The maximum absolute atomic E-state index is 13.1. The predicted octanol–water partition coefficient (Wildman–Crippen LogP) is 3.32. The summed E-state index contributed by atoms with van der Waals surface area (Å²) in [5, 5.41) is 7.57. The number of aromatic nitrogens is 4. The summed E-state index contributed by atoms with van der Waals surface area (Å²) in [6.07, 6.45) is 2.95. The van der Waals surface area contributed by atoms with E-state index < -0.39 is 0 Å². The molecule has 0 saturated heterocycles. The maximum Gasteiger partial charge on any atom is 0.264 e. The fraction of sp³-hybridized carbons (Fsp3) is 0.217. The van der Waals surface area contributed by atoms with Crippen molar-refractivity contribution in [3.63, 3.8) is 0 Å². The number of halogens is 1. The Labute approximate surface area is 188 Å². The van der Waals surface area contributed by atoms with Crippen molar-refractivity contribution in [2.75, 3.05) is 12.3 Å². The smallest absolute Gasteiger partial charge is 0.264 e. The second-order valence-corrected chi connectivity index (χ2v) is 8.40. The van der Waals surface area contributed by atoms with Gasteiger partial charge < -0.3 is 5.32 Å². The van der Waals surface area contributed by atoms with Crippen LogP contribution in [0, 0.1) is 5.82 Å². The molecular formula is C23H22FN5O2S. The summed E-state index contributed by atoms with van der Waals surface area (Å²) >= 11 is 1.62. The number of nitrogens with zero attached hydrogens (tertiary/aromatic N) is 4. The molecule has 32 heavy (non-hydrogen) atoms. The van der Waals surface area contributed by atoms with Crippen LogP contribution in [0.1, 0.15) is 22.8 Å². The summed E-state index contributed by atoms with van der Waals surface area (Å²) in [6.45, 7) is 3.06. The number of amides is 1.